The van der Waals surface area contributed by atoms with E-state index in [2.05, 4.69) is 15.2 Å². The number of aromatic amines is 1. The molecule has 0 amide bonds. The topological polar surface area (TPSA) is 101 Å². The van der Waals surface area contributed by atoms with E-state index in [0.717, 1.165) is 11.6 Å². The number of hydrogen-bond acceptors (Lipinski definition) is 6. The third-order valence-corrected chi connectivity index (χ3v) is 3.51. The van der Waals surface area contributed by atoms with Crippen LogP contribution in [0.4, 0.5) is 4.39 Å². The molecular weight excluding hydrogens is 341 g/mol. The average Bonchev–Trinajstić information content (AvgIpc) is 3.27. The molecule has 0 aliphatic carbocycles. The SMILES string of the molecule is COCc1nc(C(O)=CC(=O)c2ccc(Cc3ccc(F)cc3)o2)n[nH]1. The third kappa shape index (κ3) is 4.22. The summed E-state index contributed by atoms with van der Waals surface area (Å²) in [6.45, 7) is 0.207. The summed E-state index contributed by atoms with van der Waals surface area (Å²) >= 11 is 0. The Bertz CT molecular complexity index is 928. The number of nitrogens with zero attached hydrogens (tertiary/aromatic N) is 2. The lowest BCUT2D eigenvalue weighted by molar-refractivity contribution is 0.101. The number of ether oxygens (including phenoxy) is 1. The second-order valence-corrected chi connectivity index (χ2v) is 5.50. The highest BCUT2D eigenvalue weighted by Crippen LogP contribution is 2.16. The van der Waals surface area contributed by atoms with Gasteiger partial charge in [0.1, 0.15) is 18.2 Å². The van der Waals surface area contributed by atoms with Crippen LogP contribution < -0.4 is 0 Å². The summed E-state index contributed by atoms with van der Waals surface area (Å²) in [5.41, 5.74) is 0.851. The Morgan fingerprint density at radius 1 is 1.31 bits per heavy atom. The Kier molecular flexibility index (Phi) is 5.23. The zero-order valence-electron chi connectivity index (χ0n) is 13.9. The van der Waals surface area contributed by atoms with Crippen molar-refractivity contribution in [2.24, 2.45) is 0 Å². The molecule has 0 atom stereocenters. The maximum Gasteiger partial charge on any atom is 0.224 e. The highest BCUT2D eigenvalue weighted by molar-refractivity contribution is 6.05. The number of aliphatic hydroxyl groups is 1. The summed E-state index contributed by atoms with van der Waals surface area (Å²) in [5.74, 6) is -0.186. The van der Waals surface area contributed by atoms with Gasteiger partial charge in [0.15, 0.2) is 17.3 Å². The third-order valence-electron chi connectivity index (χ3n) is 3.51. The molecule has 0 unspecified atom stereocenters. The normalized spacial score (nSPS) is 11.7. The van der Waals surface area contributed by atoms with Gasteiger partial charge in [-0.2, -0.15) is 0 Å². The zero-order valence-corrected chi connectivity index (χ0v) is 13.9. The van der Waals surface area contributed by atoms with Crippen LogP contribution in [0.3, 0.4) is 0 Å². The molecular formula is C18H16FN3O4. The minimum Gasteiger partial charge on any atom is -0.504 e. The van der Waals surface area contributed by atoms with Gasteiger partial charge in [0, 0.05) is 19.6 Å². The molecule has 0 saturated carbocycles. The highest BCUT2D eigenvalue weighted by Gasteiger charge is 2.14. The summed E-state index contributed by atoms with van der Waals surface area (Å²) in [7, 11) is 1.50. The molecule has 8 heteroatoms. The van der Waals surface area contributed by atoms with Gasteiger partial charge < -0.3 is 14.3 Å². The minimum absolute atomic E-state index is 0.0107. The zero-order chi connectivity index (χ0) is 18.5. The first-order valence-electron chi connectivity index (χ1n) is 7.74. The van der Waals surface area contributed by atoms with Crippen LogP contribution in [-0.4, -0.2) is 33.2 Å². The summed E-state index contributed by atoms with van der Waals surface area (Å²) in [4.78, 5) is 16.2. The molecule has 134 valence electrons. The molecule has 3 rings (SSSR count). The molecule has 7 nitrogen and oxygen atoms in total. The molecule has 0 aliphatic rings. The Balaban J connectivity index is 1.69. The number of aliphatic hydroxyl groups excluding tert-OH is 1. The predicted molar refractivity (Wildman–Crippen MR) is 89.9 cm³/mol. The number of nitrogens with one attached hydrogen (secondary N) is 1. The lowest BCUT2D eigenvalue weighted by atomic mass is 10.1. The van der Waals surface area contributed by atoms with Crippen LogP contribution in [0.2, 0.25) is 0 Å². The number of benzene rings is 1. The molecule has 0 aliphatic heterocycles. The lowest BCUT2D eigenvalue weighted by Crippen LogP contribution is -1.96. The van der Waals surface area contributed by atoms with Gasteiger partial charge in [-0.25, -0.2) is 9.37 Å². The molecule has 0 spiro atoms. The van der Waals surface area contributed by atoms with E-state index in [-0.39, 0.29) is 29.8 Å². The number of hydrogen-bond donors (Lipinski definition) is 2. The fraction of sp³-hybridized carbons (Fsp3) is 0.167. The van der Waals surface area contributed by atoms with Gasteiger partial charge in [-0.1, -0.05) is 12.1 Å². The maximum absolute atomic E-state index is 12.9. The number of furan rings is 1. The largest absolute Gasteiger partial charge is 0.504 e. The molecule has 3 aromatic rings. The number of rotatable bonds is 7. The molecule has 0 fully saturated rings. The van der Waals surface area contributed by atoms with Crippen LogP contribution in [0, 0.1) is 5.82 Å². The van der Waals surface area contributed by atoms with Crippen molar-refractivity contribution >= 4 is 11.5 Å². The Labute approximate surface area is 148 Å². The van der Waals surface area contributed by atoms with Gasteiger partial charge in [-0.3, -0.25) is 9.89 Å². The number of H-pyrrole nitrogens is 1. The lowest BCUT2D eigenvalue weighted by Gasteiger charge is -1.98. The number of ketones is 1. The molecule has 26 heavy (non-hydrogen) atoms. The molecule has 2 aromatic heterocycles. The van der Waals surface area contributed by atoms with Gasteiger partial charge in [0.25, 0.3) is 0 Å². The van der Waals surface area contributed by atoms with E-state index in [4.69, 9.17) is 9.15 Å². The van der Waals surface area contributed by atoms with Crippen molar-refractivity contribution in [3.63, 3.8) is 0 Å². The van der Waals surface area contributed by atoms with E-state index in [1.54, 1.807) is 18.2 Å². The van der Waals surface area contributed by atoms with E-state index >= 15 is 0 Å². The highest BCUT2D eigenvalue weighted by atomic mass is 19.1. The summed E-state index contributed by atoms with van der Waals surface area (Å²) < 4.78 is 23.3. The standard InChI is InChI=1S/C18H16FN3O4/c1-25-10-17-20-18(22-21-17)15(24)9-14(23)16-7-6-13(26-16)8-11-2-4-12(19)5-3-11/h2-7,9,24H,8,10H2,1H3,(H,20,21,22). The number of carbonyl (C=O) groups is 1. The van der Waals surface area contributed by atoms with Crippen LogP contribution >= 0.6 is 0 Å². The average molecular weight is 357 g/mol. The monoisotopic (exact) mass is 357 g/mol. The molecule has 0 radical (unpaired) electrons. The van der Waals surface area contributed by atoms with E-state index < -0.39 is 5.78 Å². The molecule has 2 N–H and O–H groups in total. The summed E-state index contributed by atoms with van der Waals surface area (Å²) in [5, 5.41) is 16.4. The minimum atomic E-state index is -0.522. The van der Waals surface area contributed by atoms with Crippen molar-refractivity contribution < 1.29 is 23.4 Å². The number of halogens is 1. The van der Waals surface area contributed by atoms with Crippen molar-refractivity contribution in [3.8, 4) is 0 Å². The first-order valence-corrected chi connectivity index (χ1v) is 7.74. The Morgan fingerprint density at radius 2 is 2.08 bits per heavy atom. The van der Waals surface area contributed by atoms with E-state index in [1.807, 2.05) is 0 Å². The van der Waals surface area contributed by atoms with Crippen molar-refractivity contribution in [2.75, 3.05) is 7.11 Å². The summed E-state index contributed by atoms with van der Waals surface area (Å²) in [6, 6.07) is 9.18. The smallest absolute Gasteiger partial charge is 0.224 e. The predicted octanol–water partition coefficient (Wildman–Crippen LogP) is 3.06. The number of allylic oxidation sites excluding steroid dienone is 1. The quantitative estimate of drug-likeness (QED) is 0.383. The number of methoxy groups -OCH3 is 1. The van der Waals surface area contributed by atoms with Gasteiger partial charge in [0.2, 0.25) is 11.6 Å². The number of carbonyl (C=O) groups excluding carboxylic acids is 1. The molecule has 0 bridgehead atoms. The van der Waals surface area contributed by atoms with E-state index in [0.29, 0.717) is 18.0 Å². The molecule has 1 aromatic carbocycles. The van der Waals surface area contributed by atoms with E-state index in [9.17, 15) is 14.3 Å². The number of aromatic nitrogens is 3. The maximum atomic E-state index is 12.9. The Morgan fingerprint density at radius 3 is 2.81 bits per heavy atom. The van der Waals surface area contributed by atoms with Crippen molar-refractivity contribution in [2.45, 2.75) is 13.0 Å². The van der Waals surface area contributed by atoms with Crippen LogP contribution in [0.25, 0.3) is 5.76 Å². The van der Waals surface area contributed by atoms with Crippen LogP contribution in [-0.2, 0) is 17.8 Å². The Hall–Kier alpha value is -3.26. The fourth-order valence-electron chi connectivity index (χ4n) is 2.28. The van der Waals surface area contributed by atoms with Crippen molar-refractivity contribution in [1.82, 2.24) is 15.2 Å². The van der Waals surface area contributed by atoms with Crippen molar-refractivity contribution in [3.05, 3.63) is 77.0 Å². The molecule has 0 saturated heterocycles. The van der Waals surface area contributed by atoms with Gasteiger partial charge in [-0.15, -0.1) is 5.10 Å². The van der Waals surface area contributed by atoms with Gasteiger partial charge in [-0.05, 0) is 29.8 Å². The first-order chi connectivity index (χ1) is 12.5. The summed E-state index contributed by atoms with van der Waals surface area (Å²) in [6.07, 6.45) is 1.41. The van der Waals surface area contributed by atoms with Crippen LogP contribution in [0.15, 0.2) is 46.9 Å². The second-order valence-electron chi connectivity index (χ2n) is 5.50. The molecule has 2 heterocycles. The van der Waals surface area contributed by atoms with E-state index in [1.165, 1.54) is 25.3 Å². The van der Waals surface area contributed by atoms with Crippen LogP contribution in [0.1, 0.15) is 33.5 Å². The second kappa shape index (κ2) is 7.75. The van der Waals surface area contributed by atoms with Gasteiger partial charge >= 0.3 is 0 Å². The van der Waals surface area contributed by atoms with Crippen LogP contribution in [0.5, 0.6) is 0 Å². The van der Waals surface area contributed by atoms with Crippen molar-refractivity contribution in [1.29, 1.82) is 0 Å². The van der Waals surface area contributed by atoms with Gasteiger partial charge in [0.05, 0.1) is 0 Å². The first kappa shape index (κ1) is 17.6. The fourth-order valence-corrected chi connectivity index (χ4v) is 2.28.